The molecule has 0 aromatic carbocycles. The second kappa shape index (κ2) is 1.98. The summed E-state index contributed by atoms with van der Waals surface area (Å²) < 4.78 is 0. The lowest BCUT2D eigenvalue weighted by Crippen LogP contribution is -2.00. The first kappa shape index (κ1) is 6.21. The number of fused-ring (bicyclic) bond motifs is 2. The smallest absolute Gasteiger partial charge is 0.000832 e. The molecule has 3 unspecified atom stereocenters. The van der Waals surface area contributed by atoms with Gasteiger partial charge in [-0.3, -0.25) is 0 Å². The molecule has 0 saturated heterocycles. The molecule has 0 heterocycles. The summed E-state index contributed by atoms with van der Waals surface area (Å²) in [4.78, 5) is 0. The van der Waals surface area contributed by atoms with Crippen LogP contribution in [0.3, 0.4) is 0 Å². The zero-order valence-electron chi connectivity index (χ0n) is 6.67. The summed E-state index contributed by atoms with van der Waals surface area (Å²) in [6.07, 6.45) is 8.40. The summed E-state index contributed by atoms with van der Waals surface area (Å²) >= 11 is 0. The molecule has 3 atom stereocenters. The predicted molar refractivity (Wildman–Crippen MR) is 43.7 cm³/mol. The fraction of sp³-hybridized carbons (Fsp3) is 0.600. The van der Waals surface area contributed by atoms with Gasteiger partial charge >= 0.3 is 0 Å². The molecule has 2 aliphatic carbocycles. The number of rotatable bonds is 0. The maximum absolute atomic E-state index is 2.39. The number of hydrogen-bond donors (Lipinski definition) is 0. The summed E-state index contributed by atoms with van der Waals surface area (Å²) in [7, 11) is 0. The average molecular weight is 134 g/mol. The Bertz CT molecular complexity index is 198. The van der Waals surface area contributed by atoms with Gasteiger partial charge in [0.2, 0.25) is 0 Å². The molecule has 0 nitrogen and oxygen atoms in total. The minimum absolute atomic E-state index is 0.801. The highest BCUT2D eigenvalue weighted by Crippen LogP contribution is 2.47. The third kappa shape index (κ3) is 0.622. The lowest BCUT2D eigenvalue weighted by Gasteiger charge is -2.07. The van der Waals surface area contributed by atoms with E-state index in [4.69, 9.17) is 0 Å². The van der Waals surface area contributed by atoms with Gasteiger partial charge in [-0.05, 0) is 25.2 Å². The van der Waals surface area contributed by atoms with Crippen LogP contribution in [0, 0.1) is 17.8 Å². The minimum atomic E-state index is 0.801. The summed E-state index contributed by atoms with van der Waals surface area (Å²) in [5, 5.41) is 0. The molecule has 0 heteroatoms. The zero-order valence-corrected chi connectivity index (χ0v) is 6.67. The zero-order chi connectivity index (χ0) is 7.14. The lowest BCUT2D eigenvalue weighted by atomic mass is 9.97. The Hall–Kier alpha value is -0.520. The Balaban J connectivity index is 2.32. The molecule has 0 spiro atoms. The Morgan fingerprint density at radius 1 is 1.50 bits per heavy atom. The Kier molecular flexibility index (Phi) is 1.23. The van der Waals surface area contributed by atoms with Gasteiger partial charge in [0, 0.05) is 5.92 Å². The third-order valence-corrected chi connectivity index (χ3v) is 3.08. The molecule has 2 bridgehead atoms. The SMILES string of the molecule is CC=C1CC2C=CC1C2C. The van der Waals surface area contributed by atoms with Crippen LogP contribution in [0.4, 0.5) is 0 Å². The van der Waals surface area contributed by atoms with E-state index in [0.717, 1.165) is 17.8 Å². The Morgan fingerprint density at radius 3 is 2.60 bits per heavy atom. The molecule has 1 fully saturated rings. The predicted octanol–water partition coefficient (Wildman–Crippen LogP) is 2.77. The molecule has 1 saturated carbocycles. The molecule has 0 N–H and O–H groups in total. The number of hydrogen-bond acceptors (Lipinski definition) is 0. The highest BCUT2D eigenvalue weighted by Gasteiger charge is 2.37. The van der Waals surface area contributed by atoms with Crippen molar-refractivity contribution in [2.24, 2.45) is 17.8 Å². The maximum Gasteiger partial charge on any atom is 0.000832 e. The van der Waals surface area contributed by atoms with Gasteiger partial charge in [-0.15, -0.1) is 0 Å². The average Bonchev–Trinajstić information content (AvgIpc) is 2.46. The van der Waals surface area contributed by atoms with E-state index in [-0.39, 0.29) is 0 Å². The molecule has 2 aliphatic rings. The molecule has 0 amide bonds. The van der Waals surface area contributed by atoms with Crippen LogP contribution in [0.1, 0.15) is 20.3 Å². The highest BCUT2D eigenvalue weighted by molar-refractivity contribution is 5.28. The third-order valence-electron chi connectivity index (χ3n) is 3.08. The van der Waals surface area contributed by atoms with Crippen molar-refractivity contribution >= 4 is 0 Å². The summed E-state index contributed by atoms with van der Waals surface area (Å²) in [6, 6.07) is 0. The van der Waals surface area contributed by atoms with Crippen molar-refractivity contribution in [1.29, 1.82) is 0 Å². The summed E-state index contributed by atoms with van der Waals surface area (Å²) in [6.45, 7) is 4.53. The van der Waals surface area contributed by atoms with E-state index in [1.807, 2.05) is 0 Å². The highest BCUT2D eigenvalue weighted by atomic mass is 14.4. The van der Waals surface area contributed by atoms with Crippen LogP contribution in [0.25, 0.3) is 0 Å². The molecule has 0 aliphatic heterocycles. The van der Waals surface area contributed by atoms with E-state index in [9.17, 15) is 0 Å². The van der Waals surface area contributed by atoms with Gasteiger partial charge in [0.25, 0.3) is 0 Å². The van der Waals surface area contributed by atoms with Gasteiger partial charge in [-0.1, -0.05) is 30.7 Å². The molecular weight excluding hydrogens is 120 g/mol. The van der Waals surface area contributed by atoms with E-state index in [1.165, 1.54) is 6.42 Å². The molecule has 0 aromatic heterocycles. The molecule has 0 aromatic rings. The van der Waals surface area contributed by atoms with E-state index in [0.29, 0.717) is 0 Å². The topological polar surface area (TPSA) is 0 Å². The van der Waals surface area contributed by atoms with Crippen molar-refractivity contribution in [3.05, 3.63) is 23.8 Å². The van der Waals surface area contributed by atoms with Gasteiger partial charge in [0.05, 0.1) is 0 Å². The number of allylic oxidation sites excluding steroid dienone is 4. The summed E-state index contributed by atoms with van der Waals surface area (Å²) in [5.41, 5.74) is 1.67. The normalized spacial score (nSPS) is 47.4. The van der Waals surface area contributed by atoms with Gasteiger partial charge in [0.15, 0.2) is 0 Å². The van der Waals surface area contributed by atoms with Crippen molar-refractivity contribution in [3.63, 3.8) is 0 Å². The Labute approximate surface area is 62.6 Å². The largest absolute Gasteiger partial charge is 0.0878 e. The first-order valence-corrected chi connectivity index (χ1v) is 4.16. The van der Waals surface area contributed by atoms with Crippen LogP contribution in [-0.2, 0) is 0 Å². The quantitative estimate of drug-likeness (QED) is 0.447. The van der Waals surface area contributed by atoms with Crippen LogP contribution in [0.5, 0.6) is 0 Å². The van der Waals surface area contributed by atoms with Gasteiger partial charge in [-0.2, -0.15) is 0 Å². The van der Waals surface area contributed by atoms with Crippen molar-refractivity contribution in [2.75, 3.05) is 0 Å². The van der Waals surface area contributed by atoms with Gasteiger partial charge in [0.1, 0.15) is 0 Å². The molecule has 10 heavy (non-hydrogen) atoms. The molecule has 0 radical (unpaired) electrons. The minimum Gasteiger partial charge on any atom is -0.0878 e. The van der Waals surface area contributed by atoms with E-state index >= 15 is 0 Å². The fourth-order valence-electron chi connectivity index (χ4n) is 2.31. The monoisotopic (exact) mass is 134 g/mol. The van der Waals surface area contributed by atoms with Gasteiger partial charge < -0.3 is 0 Å². The van der Waals surface area contributed by atoms with Crippen LogP contribution < -0.4 is 0 Å². The molecular formula is C10H14. The van der Waals surface area contributed by atoms with Crippen LogP contribution >= 0.6 is 0 Å². The summed E-state index contributed by atoms with van der Waals surface area (Å²) in [5.74, 6) is 2.57. The van der Waals surface area contributed by atoms with E-state index in [1.54, 1.807) is 5.57 Å². The molecule has 54 valence electrons. The Morgan fingerprint density at radius 2 is 2.30 bits per heavy atom. The van der Waals surface area contributed by atoms with Gasteiger partial charge in [-0.25, -0.2) is 0 Å². The van der Waals surface area contributed by atoms with E-state index < -0.39 is 0 Å². The van der Waals surface area contributed by atoms with Crippen LogP contribution in [-0.4, -0.2) is 0 Å². The first-order chi connectivity index (χ1) is 4.83. The van der Waals surface area contributed by atoms with Crippen molar-refractivity contribution in [1.82, 2.24) is 0 Å². The van der Waals surface area contributed by atoms with Crippen LogP contribution in [0.15, 0.2) is 23.8 Å². The second-order valence-electron chi connectivity index (χ2n) is 3.50. The second-order valence-corrected chi connectivity index (χ2v) is 3.50. The fourth-order valence-corrected chi connectivity index (χ4v) is 2.31. The molecule has 2 rings (SSSR count). The van der Waals surface area contributed by atoms with Crippen molar-refractivity contribution in [3.8, 4) is 0 Å². The lowest BCUT2D eigenvalue weighted by molar-refractivity contribution is 0.482. The van der Waals surface area contributed by atoms with Crippen LogP contribution in [0.2, 0.25) is 0 Å². The van der Waals surface area contributed by atoms with Crippen molar-refractivity contribution < 1.29 is 0 Å². The first-order valence-electron chi connectivity index (χ1n) is 4.16. The van der Waals surface area contributed by atoms with E-state index in [2.05, 4.69) is 32.1 Å². The standard InChI is InChI=1S/C10H14/c1-3-8-6-9-4-5-10(8)7(9)2/h3-5,7,9-10H,6H2,1-2H3. The maximum atomic E-state index is 2.39. The van der Waals surface area contributed by atoms with Crippen molar-refractivity contribution in [2.45, 2.75) is 20.3 Å².